The van der Waals surface area contributed by atoms with Gasteiger partial charge in [-0.2, -0.15) is 0 Å². The summed E-state index contributed by atoms with van der Waals surface area (Å²) in [5, 5.41) is 9.16. The highest BCUT2D eigenvalue weighted by atomic mass is 35.5. The Kier molecular flexibility index (Phi) is 2.88. The molecule has 1 aliphatic rings. The predicted molar refractivity (Wildman–Crippen MR) is 59.5 cm³/mol. The van der Waals surface area contributed by atoms with Crippen molar-refractivity contribution in [1.82, 2.24) is 0 Å². The molecule has 3 N–H and O–H groups in total. The molecule has 0 spiro atoms. The van der Waals surface area contributed by atoms with Crippen LogP contribution in [0.5, 0.6) is 0 Å². The molecule has 0 atom stereocenters. The van der Waals surface area contributed by atoms with E-state index in [4.69, 9.17) is 27.2 Å². The summed E-state index contributed by atoms with van der Waals surface area (Å²) >= 11 is 6.08. The molecule has 1 aromatic rings. The van der Waals surface area contributed by atoms with E-state index < -0.39 is 11.5 Å². The van der Waals surface area contributed by atoms with E-state index in [1.807, 2.05) is 0 Å². The number of ether oxygens (including phenoxy) is 1. The minimum atomic E-state index is -0.877. The second-order valence-corrected chi connectivity index (χ2v) is 4.44. The van der Waals surface area contributed by atoms with Gasteiger partial charge in [-0.15, -0.1) is 0 Å². The van der Waals surface area contributed by atoms with Crippen LogP contribution in [0.15, 0.2) is 18.2 Å². The predicted octanol–water partition coefficient (Wildman–Crippen LogP) is 1.15. The van der Waals surface area contributed by atoms with Crippen molar-refractivity contribution < 1.29 is 14.6 Å². The van der Waals surface area contributed by atoms with Crippen LogP contribution in [0.4, 0.5) is 0 Å². The van der Waals surface area contributed by atoms with E-state index >= 15 is 0 Å². The minimum absolute atomic E-state index is 0.0337. The third kappa shape index (κ3) is 2.04. The molecule has 1 heterocycles. The highest BCUT2D eigenvalue weighted by molar-refractivity contribution is 6.31. The van der Waals surface area contributed by atoms with Gasteiger partial charge in [-0.1, -0.05) is 23.7 Å². The maximum absolute atomic E-state index is 10.5. The number of hydrogen-bond acceptors (Lipinski definition) is 3. The van der Waals surface area contributed by atoms with E-state index in [0.717, 1.165) is 5.56 Å². The van der Waals surface area contributed by atoms with Gasteiger partial charge < -0.3 is 15.6 Å². The molecule has 2 rings (SSSR count). The van der Waals surface area contributed by atoms with Gasteiger partial charge in [-0.25, -0.2) is 0 Å². The number of halogens is 1. The zero-order chi connectivity index (χ0) is 11.8. The van der Waals surface area contributed by atoms with Crippen LogP contribution < -0.4 is 5.73 Å². The molecule has 1 saturated heterocycles. The highest BCUT2D eigenvalue weighted by Crippen LogP contribution is 2.32. The van der Waals surface area contributed by atoms with Gasteiger partial charge in [-0.05, 0) is 17.2 Å². The van der Waals surface area contributed by atoms with E-state index in [1.54, 1.807) is 18.2 Å². The normalized spacial score (nSPS) is 17.9. The van der Waals surface area contributed by atoms with E-state index in [-0.39, 0.29) is 6.42 Å². The van der Waals surface area contributed by atoms with Crippen LogP contribution in [0.25, 0.3) is 0 Å². The maximum atomic E-state index is 10.5. The molecule has 16 heavy (non-hydrogen) atoms. The van der Waals surface area contributed by atoms with Gasteiger partial charge in [0.05, 0.1) is 25.2 Å². The van der Waals surface area contributed by atoms with Crippen LogP contribution in [-0.4, -0.2) is 24.3 Å². The molecule has 0 radical (unpaired) electrons. The molecule has 0 amide bonds. The summed E-state index contributed by atoms with van der Waals surface area (Å²) in [5.41, 5.74) is 7.02. The summed E-state index contributed by atoms with van der Waals surface area (Å²) in [6.45, 7) is 0.899. The molecule has 4 nitrogen and oxygen atoms in total. The molecule has 5 heteroatoms. The van der Waals surface area contributed by atoms with Crippen LogP contribution in [0, 0.1) is 0 Å². The summed E-state index contributed by atoms with van der Waals surface area (Å²) in [4.78, 5) is 10.5. The van der Waals surface area contributed by atoms with Crippen LogP contribution in [0.3, 0.4) is 0 Å². The molecular formula is C11H12ClNO3. The summed E-state index contributed by atoms with van der Waals surface area (Å²) in [6, 6.07) is 5.17. The van der Waals surface area contributed by atoms with Gasteiger partial charge in [-0.3, -0.25) is 4.79 Å². The lowest BCUT2D eigenvalue weighted by Crippen LogP contribution is -2.54. The maximum Gasteiger partial charge on any atom is 0.307 e. The fourth-order valence-electron chi connectivity index (χ4n) is 1.72. The van der Waals surface area contributed by atoms with Gasteiger partial charge in [0.2, 0.25) is 0 Å². The molecule has 86 valence electrons. The number of carboxylic acid groups (broad SMARTS) is 1. The van der Waals surface area contributed by atoms with Crippen LogP contribution >= 0.6 is 11.6 Å². The Morgan fingerprint density at radius 1 is 1.56 bits per heavy atom. The number of hydrogen-bond donors (Lipinski definition) is 2. The third-order valence-corrected chi connectivity index (χ3v) is 2.96. The largest absolute Gasteiger partial charge is 0.481 e. The minimum Gasteiger partial charge on any atom is -0.481 e. The zero-order valence-corrected chi connectivity index (χ0v) is 9.33. The van der Waals surface area contributed by atoms with Crippen molar-refractivity contribution in [2.75, 3.05) is 13.2 Å². The average molecular weight is 242 g/mol. The molecule has 0 aliphatic carbocycles. The quantitative estimate of drug-likeness (QED) is 0.833. The molecular weight excluding hydrogens is 230 g/mol. The Morgan fingerprint density at radius 2 is 2.25 bits per heavy atom. The zero-order valence-electron chi connectivity index (χ0n) is 8.57. The van der Waals surface area contributed by atoms with Crippen LogP contribution in [-0.2, 0) is 21.5 Å². The lowest BCUT2D eigenvalue weighted by atomic mass is 9.88. The number of carboxylic acids is 1. The molecule has 0 aromatic heterocycles. The fraction of sp³-hybridized carbons (Fsp3) is 0.364. The monoisotopic (exact) mass is 241 g/mol. The summed E-state index contributed by atoms with van der Waals surface area (Å²) in [7, 11) is 0. The van der Waals surface area contributed by atoms with Crippen molar-refractivity contribution in [2.24, 2.45) is 5.73 Å². The number of aliphatic carboxylic acids is 1. The van der Waals surface area contributed by atoms with E-state index in [0.29, 0.717) is 23.8 Å². The Hall–Kier alpha value is -1.10. The molecule has 0 saturated carbocycles. The van der Waals surface area contributed by atoms with E-state index in [2.05, 4.69) is 0 Å². The van der Waals surface area contributed by atoms with Crippen LogP contribution in [0.2, 0.25) is 5.02 Å². The molecule has 1 aliphatic heterocycles. The van der Waals surface area contributed by atoms with Crippen molar-refractivity contribution >= 4 is 17.6 Å². The topological polar surface area (TPSA) is 72.6 Å². The lowest BCUT2D eigenvalue weighted by molar-refractivity contribution is -0.136. The van der Waals surface area contributed by atoms with Crippen LogP contribution in [0.1, 0.15) is 11.1 Å². The van der Waals surface area contributed by atoms with Crippen molar-refractivity contribution in [3.05, 3.63) is 34.3 Å². The number of rotatable bonds is 3. The summed E-state index contributed by atoms with van der Waals surface area (Å²) in [5.74, 6) is -0.877. The smallest absolute Gasteiger partial charge is 0.307 e. The van der Waals surface area contributed by atoms with Gasteiger partial charge >= 0.3 is 5.97 Å². The second kappa shape index (κ2) is 4.05. The lowest BCUT2D eigenvalue weighted by Gasteiger charge is -2.38. The fourth-order valence-corrected chi connectivity index (χ4v) is 2.12. The first kappa shape index (κ1) is 11.4. The third-order valence-electron chi connectivity index (χ3n) is 2.64. The van der Waals surface area contributed by atoms with Crippen molar-refractivity contribution in [3.63, 3.8) is 0 Å². The Labute approximate surface area is 98.0 Å². The van der Waals surface area contributed by atoms with Crippen molar-refractivity contribution in [2.45, 2.75) is 12.0 Å². The summed E-state index contributed by atoms with van der Waals surface area (Å²) < 4.78 is 5.06. The molecule has 0 bridgehead atoms. The Bertz CT molecular complexity index is 429. The van der Waals surface area contributed by atoms with Gasteiger partial charge in [0.1, 0.15) is 0 Å². The van der Waals surface area contributed by atoms with Gasteiger partial charge in [0.25, 0.3) is 0 Å². The van der Waals surface area contributed by atoms with Gasteiger partial charge in [0.15, 0.2) is 0 Å². The standard InChI is InChI=1S/C11H12ClNO3/c12-9-3-7(4-10(14)15)1-2-8(9)11(13)5-16-6-11/h1-3H,4-6,13H2,(H,14,15). The Balaban J connectivity index is 2.26. The second-order valence-electron chi connectivity index (χ2n) is 4.03. The molecule has 1 fully saturated rings. The Morgan fingerprint density at radius 3 is 2.69 bits per heavy atom. The van der Waals surface area contributed by atoms with Crippen molar-refractivity contribution in [3.8, 4) is 0 Å². The van der Waals surface area contributed by atoms with E-state index in [1.165, 1.54) is 0 Å². The first-order valence-electron chi connectivity index (χ1n) is 4.88. The molecule has 1 aromatic carbocycles. The SMILES string of the molecule is NC1(c2ccc(CC(=O)O)cc2Cl)COC1. The van der Waals surface area contributed by atoms with E-state index in [9.17, 15) is 4.79 Å². The number of carbonyl (C=O) groups is 1. The average Bonchev–Trinajstić information content (AvgIpc) is 2.13. The first-order valence-corrected chi connectivity index (χ1v) is 5.26. The highest BCUT2D eigenvalue weighted by Gasteiger charge is 2.37. The molecule has 0 unspecified atom stereocenters. The summed E-state index contributed by atoms with van der Waals surface area (Å²) in [6.07, 6.45) is -0.0337. The number of benzene rings is 1. The van der Waals surface area contributed by atoms with Gasteiger partial charge in [0, 0.05) is 5.02 Å². The van der Waals surface area contributed by atoms with Crippen molar-refractivity contribution in [1.29, 1.82) is 0 Å². The first-order chi connectivity index (χ1) is 7.51. The number of nitrogens with two attached hydrogens (primary N) is 1.